The number of ether oxygens (including phenoxy) is 1. The minimum Gasteiger partial charge on any atom is -0.501 e. The van der Waals surface area contributed by atoms with Crippen molar-refractivity contribution in [2.45, 2.75) is 0 Å². The average Bonchev–Trinajstić information content (AvgIpc) is 1.89. The topological polar surface area (TPSA) is 70.3 Å². The van der Waals surface area contributed by atoms with Crippen molar-refractivity contribution in [1.29, 1.82) is 5.26 Å². The summed E-state index contributed by atoms with van der Waals surface area (Å²) in [7, 11) is 0. The molecule has 0 aromatic rings. The molecule has 0 aliphatic carbocycles. The number of hydrogen-bond acceptors (Lipinski definition) is 4. The Labute approximate surface area is 58.3 Å². The van der Waals surface area contributed by atoms with Crippen LogP contribution in [0.15, 0.2) is 11.8 Å². The van der Waals surface area contributed by atoms with Crippen LogP contribution in [0.3, 0.4) is 0 Å². The molecule has 0 heterocycles. The third kappa shape index (κ3) is 2.62. The molecule has 10 heavy (non-hydrogen) atoms. The molecule has 0 unspecified atom stereocenters. The first kappa shape index (κ1) is 8.37. The van der Waals surface area contributed by atoms with Gasteiger partial charge in [0, 0.05) is 0 Å². The molecule has 0 rings (SSSR count). The summed E-state index contributed by atoms with van der Waals surface area (Å²) in [5, 5.41) is 16.5. The number of nitrogens with zero attached hydrogens (tertiary/aromatic N) is 1. The second kappa shape index (κ2) is 4.27. The second-order valence-corrected chi connectivity index (χ2v) is 1.29. The highest BCUT2D eigenvalue weighted by molar-refractivity contribution is 5.86. The van der Waals surface area contributed by atoms with Crippen LogP contribution in [0.25, 0.3) is 0 Å². The Morgan fingerprint density at radius 1 is 1.90 bits per heavy atom. The molecule has 0 fully saturated rings. The molecule has 0 saturated carbocycles. The molecule has 0 bridgehead atoms. The van der Waals surface area contributed by atoms with Gasteiger partial charge in [0.25, 0.3) is 0 Å². The number of aliphatic hydroxyl groups excluding tert-OH is 1. The molecular formula is C6H6NO3+. The molecule has 0 aromatic heterocycles. The van der Waals surface area contributed by atoms with Crippen LogP contribution in [0, 0.1) is 18.3 Å². The van der Waals surface area contributed by atoms with E-state index in [9.17, 15) is 4.79 Å². The van der Waals surface area contributed by atoms with E-state index in [2.05, 4.69) is 11.7 Å². The lowest BCUT2D eigenvalue weighted by Gasteiger charge is -1.93. The van der Waals surface area contributed by atoms with E-state index >= 15 is 0 Å². The highest BCUT2D eigenvalue weighted by atomic mass is 16.5. The molecule has 0 amide bonds. The predicted octanol–water partition coefficient (Wildman–Crippen LogP) is 0.329. The first-order chi connectivity index (χ1) is 4.72. The third-order valence-corrected chi connectivity index (χ3v) is 0.644. The molecular weight excluding hydrogens is 134 g/mol. The molecule has 0 aliphatic heterocycles. The van der Waals surface area contributed by atoms with Crippen molar-refractivity contribution in [3.05, 3.63) is 18.8 Å². The SMILES string of the molecule is [CH2+]COC(=O)/C(O)=C/C#N. The lowest BCUT2D eigenvalue weighted by Crippen LogP contribution is -2.06. The van der Waals surface area contributed by atoms with Gasteiger partial charge in [0.15, 0.2) is 0 Å². The number of carbonyl (C=O) groups is 1. The molecule has 4 nitrogen and oxygen atoms in total. The van der Waals surface area contributed by atoms with Gasteiger partial charge in [0.2, 0.25) is 12.4 Å². The summed E-state index contributed by atoms with van der Waals surface area (Å²) in [5.41, 5.74) is 0. The summed E-state index contributed by atoms with van der Waals surface area (Å²) in [4.78, 5) is 10.4. The number of aliphatic hydroxyl groups is 1. The fourth-order valence-corrected chi connectivity index (χ4v) is 0.287. The number of rotatable bonds is 2. The lowest BCUT2D eigenvalue weighted by atomic mass is 10.5. The van der Waals surface area contributed by atoms with E-state index < -0.39 is 11.7 Å². The minimum absolute atomic E-state index is 0.0673. The summed E-state index contributed by atoms with van der Waals surface area (Å²) in [5.74, 6) is -1.64. The van der Waals surface area contributed by atoms with Crippen LogP contribution in [-0.4, -0.2) is 17.7 Å². The zero-order valence-corrected chi connectivity index (χ0v) is 5.20. The van der Waals surface area contributed by atoms with Crippen molar-refractivity contribution in [2.75, 3.05) is 6.61 Å². The molecule has 0 atom stereocenters. The molecule has 52 valence electrons. The van der Waals surface area contributed by atoms with Gasteiger partial charge in [-0.05, 0) is 0 Å². The van der Waals surface area contributed by atoms with Crippen molar-refractivity contribution < 1.29 is 14.6 Å². The predicted molar refractivity (Wildman–Crippen MR) is 32.6 cm³/mol. The van der Waals surface area contributed by atoms with Gasteiger partial charge >= 0.3 is 5.97 Å². The third-order valence-electron chi connectivity index (χ3n) is 0.644. The maximum atomic E-state index is 10.4. The Kier molecular flexibility index (Phi) is 3.57. The van der Waals surface area contributed by atoms with Gasteiger partial charge in [0.05, 0.1) is 12.1 Å². The van der Waals surface area contributed by atoms with Crippen LogP contribution in [0.1, 0.15) is 0 Å². The van der Waals surface area contributed by atoms with Crippen LogP contribution in [0.2, 0.25) is 0 Å². The van der Waals surface area contributed by atoms with Gasteiger partial charge in [-0.2, -0.15) is 5.26 Å². The van der Waals surface area contributed by atoms with Crippen LogP contribution in [0.4, 0.5) is 0 Å². The molecule has 0 spiro atoms. The highest BCUT2D eigenvalue weighted by Crippen LogP contribution is 1.90. The Balaban J connectivity index is 3.98. The summed E-state index contributed by atoms with van der Waals surface area (Å²) in [6.07, 6.45) is 0.692. The molecule has 1 N–H and O–H groups in total. The van der Waals surface area contributed by atoms with Crippen molar-refractivity contribution in [3.8, 4) is 6.07 Å². The van der Waals surface area contributed by atoms with Gasteiger partial charge in [-0.1, -0.05) is 0 Å². The average molecular weight is 140 g/mol. The largest absolute Gasteiger partial charge is 0.501 e. The van der Waals surface area contributed by atoms with Crippen LogP contribution < -0.4 is 0 Å². The van der Waals surface area contributed by atoms with Gasteiger partial charge in [0.1, 0.15) is 6.92 Å². The standard InChI is InChI=1S/C6H5NO3/c1-2-10-6(9)5(8)3-4-7/h3H,1-2H2/p+1/b5-3-. The van der Waals surface area contributed by atoms with E-state index in [-0.39, 0.29) is 6.61 Å². The molecule has 0 aliphatic rings. The zero-order valence-electron chi connectivity index (χ0n) is 5.20. The van der Waals surface area contributed by atoms with Gasteiger partial charge in [-0.3, -0.25) is 0 Å². The van der Waals surface area contributed by atoms with E-state index in [1.54, 1.807) is 0 Å². The van der Waals surface area contributed by atoms with Crippen molar-refractivity contribution >= 4 is 5.97 Å². The molecule has 0 aromatic carbocycles. The van der Waals surface area contributed by atoms with E-state index in [1.165, 1.54) is 6.07 Å². The normalized spacial score (nSPS) is 10.1. The fourth-order valence-electron chi connectivity index (χ4n) is 0.287. The van der Waals surface area contributed by atoms with Crippen molar-refractivity contribution in [1.82, 2.24) is 0 Å². The summed E-state index contributed by atoms with van der Waals surface area (Å²) in [6.45, 7) is 3.14. The minimum atomic E-state index is -0.934. The zero-order chi connectivity index (χ0) is 7.98. The van der Waals surface area contributed by atoms with E-state index in [4.69, 9.17) is 10.4 Å². The summed E-state index contributed by atoms with van der Waals surface area (Å²) in [6, 6.07) is 1.47. The number of carbonyl (C=O) groups excluding carboxylic acids is 1. The maximum Gasteiger partial charge on any atom is 0.377 e. The van der Waals surface area contributed by atoms with E-state index in [1.807, 2.05) is 0 Å². The first-order valence-electron chi connectivity index (χ1n) is 2.47. The second-order valence-electron chi connectivity index (χ2n) is 1.29. The lowest BCUT2D eigenvalue weighted by molar-refractivity contribution is -0.140. The van der Waals surface area contributed by atoms with Crippen molar-refractivity contribution in [3.63, 3.8) is 0 Å². The van der Waals surface area contributed by atoms with Gasteiger partial charge < -0.3 is 9.84 Å². The number of allylic oxidation sites excluding steroid dienone is 1. The fraction of sp³-hybridized carbons (Fsp3) is 0.167. The smallest absolute Gasteiger partial charge is 0.377 e. The molecule has 0 saturated heterocycles. The first-order valence-corrected chi connectivity index (χ1v) is 2.47. The van der Waals surface area contributed by atoms with Gasteiger partial charge in [-0.25, -0.2) is 4.79 Å². The van der Waals surface area contributed by atoms with Gasteiger partial charge in [-0.15, -0.1) is 0 Å². The van der Waals surface area contributed by atoms with Crippen molar-refractivity contribution in [2.24, 2.45) is 0 Å². The Morgan fingerprint density at radius 2 is 2.50 bits per heavy atom. The Hall–Kier alpha value is -1.63. The van der Waals surface area contributed by atoms with E-state index in [0.717, 1.165) is 0 Å². The van der Waals surface area contributed by atoms with Crippen LogP contribution in [0.5, 0.6) is 0 Å². The molecule has 0 radical (unpaired) electrons. The monoisotopic (exact) mass is 140 g/mol. The molecule has 4 heteroatoms. The Bertz CT molecular complexity index is 190. The number of esters is 1. The van der Waals surface area contributed by atoms with Crippen LogP contribution in [-0.2, 0) is 9.53 Å². The Morgan fingerprint density at radius 3 is 2.90 bits per heavy atom. The van der Waals surface area contributed by atoms with E-state index in [0.29, 0.717) is 6.08 Å². The summed E-state index contributed by atoms with van der Waals surface area (Å²) < 4.78 is 4.24. The number of nitriles is 1. The highest BCUT2D eigenvalue weighted by Gasteiger charge is 2.07. The maximum absolute atomic E-state index is 10.4. The quantitative estimate of drug-likeness (QED) is 0.197. The number of hydrogen-bond donors (Lipinski definition) is 1. The van der Waals surface area contributed by atoms with Crippen LogP contribution >= 0.6 is 0 Å². The summed E-state index contributed by atoms with van der Waals surface area (Å²) >= 11 is 0.